The molecule has 0 aliphatic rings. The number of rotatable bonds is 4. The number of benzene rings is 2. The standard InChI is InChI=1S/C15H18N2O2S/c1-11-5-3-7-13(9-11)10-17-20(18,19)15-12(2)6-4-8-14(15)16/h3-9,17H,10,16H2,1-2H3. The smallest absolute Gasteiger partial charge is 0.243 e. The van der Waals surface area contributed by atoms with Gasteiger partial charge in [0.1, 0.15) is 4.90 Å². The first-order valence-electron chi connectivity index (χ1n) is 6.30. The predicted molar refractivity (Wildman–Crippen MR) is 80.8 cm³/mol. The molecule has 0 bridgehead atoms. The first-order valence-corrected chi connectivity index (χ1v) is 7.79. The fraction of sp³-hybridized carbons (Fsp3) is 0.200. The van der Waals surface area contributed by atoms with E-state index in [-0.39, 0.29) is 17.1 Å². The minimum absolute atomic E-state index is 0.160. The molecule has 0 atom stereocenters. The summed E-state index contributed by atoms with van der Waals surface area (Å²) in [4.78, 5) is 0.160. The molecule has 106 valence electrons. The van der Waals surface area contributed by atoms with Crippen LogP contribution in [0.2, 0.25) is 0 Å². The van der Waals surface area contributed by atoms with Crippen LogP contribution in [0.3, 0.4) is 0 Å². The zero-order valence-electron chi connectivity index (χ0n) is 11.6. The van der Waals surface area contributed by atoms with Crippen LogP contribution in [-0.4, -0.2) is 8.42 Å². The van der Waals surface area contributed by atoms with Crippen molar-refractivity contribution < 1.29 is 8.42 Å². The maximum absolute atomic E-state index is 12.3. The lowest BCUT2D eigenvalue weighted by Gasteiger charge is -2.11. The fourth-order valence-electron chi connectivity index (χ4n) is 2.11. The van der Waals surface area contributed by atoms with Crippen LogP contribution >= 0.6 is 0 Å². The minimum Gasteiger partial charge on any atom is -0.398 e. The average Bonchev–Trinajstić information content (AvgIpc) is 2.36. The van der Waals surface area contributed by atoms with Gasteiger partial charge in [0, 0.05) is 6.54 Å². The largest absolute Gasteiger partial charge is 0.398 e. The van der Waals surface area contributed by atoms with Gasteiger partial charge in [-0.15, -0.1) is 0 Å². The highest BCUT2D eigenvalue weighted by molar-refractivity contribution is 7.89. The zero-order chi connectivity index (χ0) is 14.8. The molecule has 2 aromatic rings. The molecule has 0 heterocycles. The summed E-state index contributed by atoms with van der Waals surface area (Å²) in [6, 6.07) is 12.8. The number of nitrogens with two attached hydrogens (primary N) is 1. The summed E-state index contributed by atoms with van der Waals surface area (Å²) in [5, 5.41) is 0. The van der Waals surface area contributed by atoms with Gasteiger partial charge in [-0.1, -0.05) is 42.0 Å². The highest BCUT2D eigenvalue weighted by Gasteiger charge is 2.19. The zero-order valence-corrected chi connectivity index (χ0v) is 12.4. The Kier molecular flexibility index (Phi) is 4.11. The van der Waals surface area contributed by atoms with Crippen molar-refractivity contribution in [2.75, 3.05) is 5.73 Å². The molecule has 0 aromatic heterocycles. The minimum atomic E-state index is -3.61. The molecule has 0 unspecified atom stereocenters. The van der Waals surface area contributed by atoms with Crippen molar-refractivity contribution in [3.8, 4) is 0 Å². The highest BCUT2D eigenvalue weighted by atomic mass is 32.2. The average molecular weight is 290 g/mol. The van der Waals surface area contributed by atoms with Crippen molar-refractivity contribution in [1.29, 1.82) is 0 Å². The lowest BCUT2D eigenvalue weighted by molar-refractivity contribution is 0.581. The second-order valence-electron chi connectivity index (χ2n) is 4.81. The van der Waals surface area contributed by atoms with Crippen LogP contribution in [0.5, 0.6) is 0 Å². The summed E-state index contributed by atoms with van der Waals surface area (Å²) in [6.45, 7) is 3.95. The van der Waals surface area contributed by atoms with Gasteiger partial charge in [-0.3, -0.25) is 0 Å². The number of sulfonamides is 1. The molecule has 4 nitrogen and oxygen atoms in total. The number of nitrogens with one attached hydrogen (secondary N) is 1. The number of hydrogen-bond acceptors (Lipinski definition) is 3. The monoisotopic (exact) mass is 290 g/mol. The van der Waals surface area contributed by atoms with Crippen LogP contribution in [0.1, 0.15) is 16.7 Å². The van der Waals surface area contributed by atoms with Crippen LogP contribution in [0.25, 0.3) is 0 Å². The molecule has 0 spiro atoms. The van der Waals surface area contributed by atoms with Gasteiger partial charge < -0.3 is 5.73 Å². The molecular weight excluding hydrogens is 272 g/mol. The Labute approximate surface area is 119 Å². The maximum Gasteiger partial charge on any atom is 0.243 e. The van der Waals surface area contributed by atoms with Gasteiger partial charge in [-0.2, -0.15) is 0 Å². The van der Waals surface area contributed by atoms with Crippen molar-refractivity contribution in [2.45, 2.75) is 25.3 Å². The third-order valence-corrected chi connectivity index (χ3v) is 4.68. The van der Waals surface area contributed by atoms with Crippen LogP contribution in [0, 0.1) is 13.8 Å². The van der Waals surface area contributed by atoms with Crippen molar-refractivity contribution in [1.82, 2.24) is 4.72 Å². The molecule has 5 heteroatoms. The van der Waals surface area contributed by atoms with E-state index in [1.54, 1.807) is 25.1 Å². The normalized spacial score (nSPS) is 11.5. The van der Waals surface area contributed by atoms with Gasteiger partial charge in [-0.05, 0) is 31.0 Å². The Balaban J connectivity index is 2.24. The van der Waals surface area contributed by atoms with Crippen LogP contribution in [0.4, 0.5) is 5.69 Å². The van der Waals surface area contributed by atoms with E-state index in [1.165, 1.54) is 0 Å². The molecule has 2 rings (SSSR count). The molecule has 0 saturated heterocycles. The Morgan fingerprint density at radius 3 is 2.45 bits per heavy atom. The molecule has 3 N–H and O–H groups in total. The van der Waals surface area contributed by atoms with Crippen molar-refractivity contribution in [3.63, 3.8) is 0 Å². The van der Waals surface area contributed by atoms with Crippen molar-refractivity contribution >= 4 is 15.7 Å². The second-order valence-corrected chi connectivity index (χ2v) is 6.51. The first-order chi connectivity index (χ1) is 9.40. The van der Waals surface area contributed by atoms with E-state index in [9.17, 15) is 8.42 Å². The van der Waals surface area contributed by atoms with E-state index in [4.69, 9.17) is 5.73 Å². The summed E-state index contributed by atoms with van der Waals surface area (Å²) >= 11 is 0. The van der Waals surface area contributed by atoms with E-state index in [0.717, 1.165) is 11.1 Å². The SMILES string of the molecule is Cc1cccc(CNS(=O)(=O)c2c(C)cccc2N)c1. The van der Waals surface area contributed by atoms with Gasteiger partial charge in [0.25, 0.3) is 0 Å². The highest BCUT2D eigenvalue weighted by Crippen LogP contribution is 2.22. The molecule has 0 aliphatic carbocycles. The number of anilines is 1. The van der Waals surface area contributed by atoms with Gasteiger partial charge in [0.05, 0.1) is 5.69 Å². The van der Waals surface area contributed by atoms with Crippen LogP contribution in [0.15, 0.2) is 47.4 Å². The molecule has 0 amide bonds. The van der Waals surface area contributed by atoms with E-state index in [0.29, 0.717) is 5.56 Å². The van der Waals surface area contributed by atoms with Gasteiger partial charge >= 0.3 is 0 Å². The lowest BCUT2D eigenvalue weighted by atomic mass is 10.1. The Hall–Kier alpha value is -1.85. The van der Waals surface area contributed by atoms with E-state index in [1.807, 2.05) is 31.2 Å². The molecule has 2 aromatic carbocycles. The molecule has 0 aliphatic heterocycles. The topological polar surface area (TPSA) is 72.2 Å². The van der Waals surface area contributed by atoms with Crippen molar-refractivity contribution in [2.24, 2.45) is 0 Å². The Morgan fingerprint density at radius 1 is 1.10 bits per heavy atom. The molecular formula is C15H18N2O2S. The Bertz CT molecular complexity index is 704. The first kappa shape index (κ1) is 14.6. The number of aryl methyl sites for hydroxylation is 2. The van der Waals surface area contributed by atoms with E-state index in [2.05, 4.69) is 4.72 Å². The molecule has 0 fully saturated rings. The quantitative estimate of drug-likeness (QED) is 0.849. The third-order valence-electron chi connectivity index (χ3n) is 3.06. The molecule has 0 radical (unpaired) electrons. The molecule has 20 heavy (non-hydrogen) atoms. The maximum atomic E-state index is 12.3. The van der Waals surface area contributed by atoms with Gasteiger partial charge in [0.2, 0.25) is 10.0 Å². The summed E-state index contributed by atoms with van der Waals surface area (Å²) in [7, 11) is -3.61. The van der Waals surface area contributed by atoms with Crippen LogP contribution in [-0.2, 0) is 16.6 Å². The second kappa shape index (κ2) is 5.64. The lowest BCUT2D eigenvalue weighted by Crippen LogP contribution is -2.25. The number of nitrogen functional groups attached to an aromatic ring is 1. The summed E-state index contributed by atoms with van der Waals surface area (Å²) in [5.41, 5.74) is 8.70. The Morgan fingerprint density at radius 2 is 1.80 bits per heavy atom. The molecule has 0 saturated carbocycles. The number of hydrogen-bond donors (Lipinski definition) is 2. The van der Waals surface area contributed by atoms with Gasteiger partial charge in [-0.25, -0.2) is 13.1 Å². The summed E-state index contributed by atoms with van der Waals surface area (Å²) in [5.74, 6) is 0. The van der Waals surface area contributed by atoms with Gasteiger partial charge in [0.15, 0.2) is 0 Å². The van der Waals surface area contributed by atoms with Crippen molar-refractivity contribution in [3.05, 3.63) is 59.2 Å². The summed E-state index contributed by atoms with van der Waals surface area (Å²) in [6.07, 6.45) is 0. The van der Waals surface area contributed by atoms with E-state index >= 15 is 0 Å². The third kappa shape index (κ3) is 3.18. The summed E-state index contributed by atoms with van der Waals surface area (Å²) < 4.78 is 27.3. The van der Waals surface area contributed by atoms with Crippen LogP contribution < -0.4 is 10.5 Å². The van der Waals surface area contributed by atoms with E-state index < -0.39 is 10.0 Å². The fourth-order valence-corrected chi connectivity index (χ4v) is 3.49. The predicted octanol–water partition coefficient (Wildman–Crippen LogP) is 2.36.